The Morgan fingerprint density at radius 3 is 1.64 bits per heavy atom. The summed E-state index contributed by atoms with van der Waals surface area (Å²) in [6.07, 6.45) is -0.397. The number of anilines is 1. The molecule has 0 aromatic heterocycles. The van der Waals surface area contributed by atoms with Gasteiger partial charge in [-0.1, -0.05) is 84.8 Å². The molecule has 4 rings (SSSR count). The minimum atomic E-state index is -3.95. The molecule has 5 N–H and O–H groups in total. The van der Waals surface area contributed by atoms with Gasteiger partial charge >= 0.3 is 31.5 Å². The van der Waals surface area contributed by atoms with Gasteiger partial charge in [0.25, 0.3) is 0 Å². The molecule has 2 aliphatic heterocycles. The third-order valence-corrected chi connectivity index (χ3v) is 10.0. The molecule has 14 nitrogen and oxygen atoms in total. The van der Waals surface area contributed by atoms with Crippen molar-refractivity contribution in [2.75, 3.05) is 30.8 Å². The van der Waals surface area contributed by atoms with Crippen LogP contribution in [0.3, 0.4) is 0 Å². The van der Waals surface area contributed by atoms with E-state index in [0.29, 0.717) is 6.61 Å². The zero-order chi connectivity index (χ0) is 29.4. The van der Waals surface area contributed by atoms with Crippen molar-refractivity contribution in [2.24, 2.45) is 0 Å². The molecular formula is C21H37NO13P4+2. The summed E-state index contributed by atoms with van der Waals surface area (Å²) in [7, 11) is -14.8. The molecule has 2 aromatic carbocycles. The number of ether oxygens (including phenoxy) is 1. The van der Waals surface area contributed by atoms with E-state index in [4.69, 9.17) is 14.5 Å². The van der Waals surface area contributed by atoms with Gasteiger partial charge < -0.3 is 19.8 Å². The molecule has 18 heteroatoms. The molecular weight excluding hydrogens is 598 g/mol. The number of hydrogen-bond acceptors (Lipinski definition) is 12. The minimum Gasteiger partial charge on any atom is -0.384 e. The van der Waals surface area contributed by atoms with E-state index in [0.717, 1.165) is 11.3 Å². The van der Waals surface area contributed by atoms with Crippen molar-refractivity contribution in [1.29, 1.82) is 0 Å². The summed E-state index contributed by atoms with van der Waals surface area (Å²) in [4.78, 5) is 36.9. The Labute approximate surface area is 229 Å². The zero-order valence-corrected chi connectivity index (χ0v) is 25.6. The number of rotatable bonds is 13. The molecule has 0 amide bonds. The highest BCUT2D eigenvalue weighted by Crippen LogP contribution is 2.80. The van der Waals surface area contributed by atoms with Crippen LogP contribution in [0, 0.1) is 0 Å². The van der Waals surface area contributed by atoms with Gasteiger partial charge in [-0.15, -0.1) is 0 Å². The fourth-order valence-electron chi connectivity index (χ4n) is 2.36. The summed E-state index contributed by atoms with van der Waals surface area (Å²) in [5.41, 5.74) is 1.80. The van der Waals surface area contributed by atoms with E-state index in [9.17, 15) is 18.9 Å². The first-order valence-corrected chi connectivity index (χ1v) is 18.5. The highest BCUT2D eigenvalue weighted by molar-refractivity contribution is 7.70. The van der Waals surface area contributed by atoms with Crippen LogP contribution in [-0.4, -0.2) is 45.0 Å². The predicted octanol–water partition coefficient (Wildman–Crippen LogP) is 6.02. The molecule has 2 unspecified atom stereocenters. The molecule has 2 fully saturated rings. The molecule has 0 spiro atoms. The van der Waals surface area contributed by atoms with Gasteiger partial charge in [0.1, 0.15) is 0 Å². The van der Waals surface area contributed by atoms with E-state index in [2.05, 4.69) is 32.6 Å². The Hall–Kier alpha value is -0.880. The van der Waals surface area contributed by atoms with Crippen LogP contribution in [-0.2, 0) is 47.8 Å². The van der Waals surface area contributed by atoms with Crippen LogP contribution in [0.4, 0.5) is 5.69 Å². The van der Waals surface area contributed by atoms with Gasteiger partial charge in [-0.25, -0.2) is 0 Å². The third kappa shape index (κ3) is 16.9. The van der Waals surface area contributed by atoms with Crippen LogP contribution in [0.15, 0.2) is 60.7 Å². The van der Waals surface area contributed by atoms with Gasteiger partial charge in [0.05, 0.1) is 44.2 Å². The monoisotopic (exact) mass is 635 g/mol. The summed E-state index contributed by atoms with van der Waals surface area (Å²) in [5.74, 6) is 0. The second-order valence-corrected chi connectivity index (χ2v) is 14.2. The SMILES string of the molecule is CC.CC.O=P(O)(CCNc1ccccc1)O[P+]1(O)OO1.O=P(O)(CCOCc1ccccc1)O[P+]1(O)OO1. The summed E-state index contributed by atoms with van der Waals surface area (Å²) in [5, 5.41) is 2.94. The average molecular weight is 635 g/mol. The van der Waals surface area contributed by atoms with Crippen molar-refractivity contribution in [1.82, 2.24) is 0 Å². The summed E-state index contributed by atoms with van der Waals surface area (Å²) in [6, 6.07) is 18.6. The van der Waals surface area contributed by atoms with Gasteiger partial charge in [-0.05, 0) is 17.7 Å². The van der Waals surface area contributed by atoms with E-state index < -0.39 is 31.5 Å². The molecule has 0 aliphatic carbocycles. The summed E-state index contributed by atoms with van der Waals surface area (Å²) < 4.78 is 53.4. The largest absolute Gasteiger partial charge is 0.650 e. The standard InChI is InChI=1S/C9H12O7P2.C8H11NO6P2.2C2H6/c10-17(11,16-18(12)14-15-18)7-6-13-8-9-4-2-1-3-5-9;10-16(11,15-17(12)13-14-17)7-6-9-8-4-2-1-3-5-8;2*1-2/h1-5,12H,6-8H2;1-5,9,12H,6-7H2;2*1-2H3/p+2. The summed E-state index contributed by atoms with van der Waals surface area (Å²) in [6.45, 7) is 8.60. The second-order valence-electron chi connectivity index (χ2n) is 6.95. The Kier molecular flexibility index (Phi) is 16.5. The molecule has 2 aromatic rings. The molecule has 0 saturated carbocycles. The lowest BCUT2D eigenvalue weighted by molar-refractivity contribution is 0.0850. The predicted molar refractivity (Wildman–Crippen MR) is 148 cm³/mol. The first kappa shape index (κ1) is 36.1. The molecule has 39 heavy (non-hydrogen) atoms. The van der Waals surface area contributed by atoms with Crippen LogP contribution in [0.25, 0.3) is 0 Å². The Morgan fingerprint density at radius 1 is 0.744 bits per heavy atom. The van der Waals surface area contributed by atoms with Gasteiger partial charge in [0.15, 0.2) is 0 Å². The van der Waals surface area contributed by atoms with E-state index in [-0.39, 0.29) is 25.5 Å². The fourth-order valence-corrected chi connectivity index (χ4v) is 7.24. The Morgan fingerprint density at radius 2 is 1.18 bits per heavy atom. The first-order valence-electron chi connectivity index (χ1n) is 11.9. The van der Waals surface area contributed by atoms with E-state index in [1.807, 2.05) is 88.4 Å². The Balaban J connectivity index is 0.000000347. The van der Waals surface area contributed by atoms with Crippen molar-refractivity contribution in [3.63, 3.8) is 0 Å². The highest BCUT2D eigenvalue weighted by Gasteiger charge is 2.72. The van der Waals surface area contributed by atoms with E-state index >= 15 is 0 Å². The second kappa shape index (κ2) is 17.8. The topological polar surface area (TPSA) is 205 Å². The number of hydrogen-bond donors (Lipinski definition) is 5. The maximum atomic E-state index is 11.5. The van der Waals surface area contributed by atoms with Gasteiger partial charge in [0.2, 0.25) is 0 Å². The molecule has 2 atom stereocenters. The lowest BCUT2D eigenvalue weighted by Gasteiger charge is -2.08. The highest BCUT2D eigenvalue weighted by atomic mass is 31.3. The quantitative estimate of drug-likeness (QED) is 0.0739. The lowest BCUT2D eigenvalue weighted by Crippen LogP contribution is -2.07. The maximum absolute atomic E-state index is 11.5. The fraction of sp³-hybridized carbons (Fsp3) is 0.429. The molecule has 0 radical (unpaired) electrons. The van der Waals surface area contributed by atoms with Crippen LogP contribution in [0.5, 0.6) is 0 Å². The molecule has 0 bridgehead atoms. The normalized spacial score (nSPS) is 18.7. The average Bonchev–Trinajstić information content (AvgIpc) is 3.83. The van der Waals surface area contributed by atoms with Crippen molar-refractivity contribution in [3.8, 4) is 0 Å². The number of nitrogens with one attached hydrogen (secondary N) is 1. The smallest absolute Gasteiger partial charge is 0.384 e. The van der Waals surface area contributed by atoms with Crippen LogP contribution < -0.4 is 5.32 Å². The molecule has 222 valence electrons. The van der Waals surface area contributed by atoms with Gasteiger partial charge in [0, 0.05) is 12.2 Å². The summed E-state index contributed by atoms with van der Waals surface area (Å²) >= 11 is 0. The lowest BCUT2D eigenvalue weighted by atomic mass is 10.2. The Bertz CT molecular complexity index is 1030. The van der Waals surface area contributed by atoms with Crippen molar-refractivity contribution in [2.45, 2.75) is 34.3 Å². The van der Waals surface area contributed by atoms with E-state index in [1.54, 1.807) is 0 Å². The third-order valence-electron chi connectivity index (χ3n) is 3.99. The van der Waals surface area contributed by atoms with Crippen molar-refractivity contribution < 1.29 is 60.8 Å². The van der Waals surface area contributed by atoms with Crippen LogP contribution in [0.2, 0.25) is 0 Å². The molecule has 2 aliphatic rings. The molecule has 2 heterocycles. The van der Waals surface area contributed by atoms with Gasteiger partial charge in [-0.2, -0.15) is 9.79 Å². The first-order chi connectivity index (χ1) is 18.5. The number of para-hydroxylation sites is 1. The van der Waals surface area contributed by atoms with Crippen molar-refractivity contribution >= 4 is 37.2 Å². The van der Waals surface area contributed by atoms with Gasteiger partial charge in [-0.3, -0.25) is 9.13 Å². The van der Waals surface area contributed by atoms with E-state index in [1.165, 1.54) is 0 Å². The molecule has 2 saturated heterocycles. The zero-order valence-electron chi connectivity index (χ0n) is 22.1. The minimum absolute atomic E-state index is 0.0304. The maximum Gasteiger partial charge on any atom is 0.650 e. The van der Waals surface area contributed by atoms with Crippen LogP contribution >= 0.6 is 31.5 Å². The van der Waals surface area contributed by atoms with Crippen molar-refractivity contribution in [3.05, 3.63) is 66.2 Å². The number of benzene rings is 2. The van der Waals surface area contributed by atoms with Crippen LogP contribution in [0.1, 0.15) is 33.3 Å².